The lowest BCUT2D eigenvalue weighted by atomic mass is 10.2. The molecule has 4 aromatic heterocycles. The highest BCUT2D eigenvalue weighted by atomic mass is 32.1. The Labute approximate surface area is 344 Å². The first-order valence-corrected chi connectivity index (χ1v) is 20.5. The van der Waals surface area contributed by atoms with Crippen molar-refractivity contribution in [2.45, 2.75) is 26.7 Å². The summed E-state index contributed by atoms with van der Waals surface area (Å²) in [7, 11) is 0. The lowest BCUT2D eigenvalue weighted by Gasteiger charge is -2.08. The van der Waals surface area contributed by atoms with Gasteiger partial charge in [-0.2, -0.15) is 20.4 Å². The number of para-hydroxylation sites is 2. The second-order valence-corrected chi connectivity index (χ2v) is 14.9. The fourth-order valence-corrected chi connectivity index (χ4v) is 7.41. The Kier molecular flexibility index (Phi) is 12.0. The van der Waals surface area contributed by atoms with Gasteiger partial charge in [0.2, 0.25) is 10.3 Å². The fraction of sp³-hybridized carbons (Fsp3) is 0.136. The van der Waals surface area contributed by atoms with Crippen LogP contribution in [0.4, 0.5) is 10.3 Å². The number of hydrazone groups is 2. The van der Waals surface area contributed by atoms with Crippen LogP contribution >= 0.6 is 22.7 Å². The van der Waals surface area contributed by atoms with Crippen LogP contribution in [-0.4, -0.2) is 55.2 Å². The highest BCUT2D eigenvalue weighted by Crippen LogP contribution is 2.30. The molecule has 2 N–H and O–H groups in total. The van der Waals surface area contributed by atoms with Crippen molar-refractivity contribution in [3.8, 4) is 45.4 Å². The molecule has 0 saturated carbocycles. The van der Waals surface area contributed by atoms with E-state index in [1.807, 2.05) is 156 Å². The Morgan fingerprint density at radius 1 is 0.569 bits per heavy atom. The minimum atomic E-state index is 0.606. The van der Waals surface area contributed by atoms with E-state index < -0.39 is 0 Å². The molecule has 4 heterocycles. The van der Waals surface area contributed by atoms with Crippen molar-refractivity contribution in [2.24, 2.45) is 10.2 Å². The van der Waals surface area contributed by atoms with Crippen LogP contribution in [0.15, 0.2) is 143 Å². The number of rotatable bonds is 17. The summed E-state index contributed by atoms with van der Waals surface area (Å²) in [5.74, 6) is 1.63. The molecule has 8 aromatic rings. The largest absolute Gasteiger partial charge is 0.494 e. The van der Waals surface area contributed by atoms with Gasteiger partial charge in [-0.25, -0.2) is 19.3 Å². The van der Waals surface area contributed by atoms with E-state index in [0.717, 1.165) is 80.7 Å². The molecule has 4 aromatic carbocycles. The molecule has 58 heavy (non-hydrogen) atoms. The summed E-state index contributed by atoms with van der Waals surface area (Å²) in [5, 5.41) is 23.3. The number of anilines is 2. The van der Waals surface area contributed by atoms with Crippen LogP contribution in [0.1, 0.15) is 35.4 Å². The Balaban J connectivity index is 0.714. The van der Waals surface area contributed by atoms with Gasteiger partial charge in [-0.1, -0.05) is 36.4 Å². The van der Waals surface area contributed by atoms with Crippen LogP contribution < -0.4 is 20.3 Å². The quantitative estimate of drug-likeness (QED) is 0.0529. The number of thiazole rings is 2. The summed E-state index contributed by atoms with van der Waals surface area (Å²) in [6, 6.07) is 35.8. The SMILES string of the molecule is Cc1c(-c2csc(N/N=C/c3ccc(OCCCCOc4ccc(/C=N/Nc5nc(-c6cnn(-c7ccccc7)c6C)cs5)cc4)cc3)n2)cnn1-c1ccccc1. The molecule has 8 rings (SSSR count). The molecule has 0 aliphatic heterocycles. The smallest absolute Gasteiger partial charge is 0.203 e. The highest BCUT2D eigenvalue weighted by molar-refractivity contribution is 7.14. The van der Waals surface area contributed by atoms with Gasteiger partial charge in [0.05, 0.1) is 72.2 Å². The molecular weight excluding hydrogens is 765 g/mol. The molecule has 0 spiro atoms. The van der Waals surface area contributed by atoms with Crippen molar-refractivity contribution in [1.82, 2.24) is 29.5 Å². The maximum atomic E-state index is 5.94. The lowest BCUT2D eigenvalue weighted by molar-refractivity contribution is 0.266. The zero-order valence-corrected chi connectivity index (χ0v) is 33.5. The maximum absolute atomic E-state index is 5.94. The van der Waals surface area contributed by atoms with Gasteiger partial charge in [0.1, 0.15) is 11.5 Å². The van der Waals surface area contributed by atoms with Crippen LogP contribution in [0.25, 0.3) is 33.9 Å². The fourth-order valence-electron chi connectivity index (χ4n) is 6.09. The standard InChI is InChI=1S/C44H40N10O2S2/c1-31-39(27-47-53(31)35-11-5-3-6-12-35)41-29-57-43(49-41)51-45-25-33-15-19-37(20-16-33)55-23-9-10-24-56-38-21-17-34(18-22-38)26-46-52-44-50-42(30-58-44)40-28-48-54(32(40)2)36-13-7-4-8-14-36/h3-8,11-22,25-30H,9-10,23-24H2,1-2H3,(H,49,51)(H,50,52)/b45-25+,46-26+. The van der Waals surface area contributed by atoms with E-state index in [2.05, 4.69) is 31.3 Å². The molecule has 0 atom stereocenters. The normalized spacial score (nSPS) is 11.4. The predicted molar refractivity (Wildman–Crippen MR) is 234 cm³/mol. The molecule has 0 fully saturated rings. The molecule has 0 radical (unpaired) electrons. The first-order valence-electron chi connectivity index (χ1n) is 18.7. The molecule has 12 nitrogen and oxygen atoms in total. The Morgan fingerprint density at radius 3 is 1.40 bits per heavy atom. The molecule has 290 valence electrons. The number of hydrogen-bond acceptors (Lipinski definition) is 12. The second kappa shape index (κ2) is 18.4. The summed E-state index contributed by atoms with van der Waals surface area (Å²) >= 11 is 3.00. The number of ether oxygens (including phenoxy) is 2. The zero-order valence-electron chi connectivity index (χ0n) is 31.9. The van der Waals surface area contributed by atoms with Crippen LogP contribution in [-0.2, 0) is 0 Å². The van der Waals surface area contributed by atoms with E-state index >= 15 is 0 Å². The van der Waals surface area contributed by atoms with Crippen LogP contribution in [0.5, 0.6) is 11.5 Å². The van der Waals surface area contributed by atoms with Crippen molar-refractivity contribution < 1.29 is 9.47 Å². The summed E-state index contributed by atoms with van der Waals surface area (Å²) in [5.41, 5.74) is 15.8. The molecule has 0 unspecified atom stereocenters. The molecule has 14 heteroatoms. The third-order valence-corrected chi connectivity index (χ3v) is 10.7. The number of hydrogen-bond donors (Lipinski definition) is 2. The van der Waals surface area contributed by atoms with Gasteiger partial charge in [-0.05, 0) is 111 Å². The van der Waals surface area contributed by atoms with E-state index in [0.29, 0.717) is 23.5 Å². The lowest BCUT2D eigenvalue weighted by Crippen LogP contribution is -2.02. The van der Waals surface area contributed by atoms with Crippen molar-refractivity contribution in [3.63, 3.8) is 0 Å². The first kappa shape index (κ1) is 38.0. The number of nitrogens with zero attached hydrogens (tertiary/aromatic N) is 8. The molecule has 0 saturated heterocycles. The number of unbranched alkanes of at least 4 members (excludes halogenated alkanes) is 1. The van der Waals surface area contributed by atoms with E-state index in [1.165, 1.54) is 22.7 Å². The van der Waals surface area contributed by atoms with Gasteiger partial charge < -0.3 is 9.47 Å². The highest BCUT2D eigenvalue weighted by Gasteiger charge is 2.14. The van der Waals surface area contributed by atoms with Crippen molar-refractivity contribution >= 4 is 45.4 Å². The maximum Gasteiger partial charge on any atom is 0.203 e. The average Bonchev–Trinajstić information content (AvgIpc) is 4.08. The average molecular weight is 805 g/mol. The van der Waals surface area contributed by atoms with E-state index in [9.17, 15) is 0 Å². The molecule has 0 bridgehead atoms. The van der Waals surface area contributed by atoms with E-state index in [1.54, 1.807) is 12.4 Å². The number of nitrogens with one attached hydrogen (secondary N) is 2. The third-order valence-electron chi connectivity index (χ3n) is 9.17. The van der Waals surface area contributed by atoms with E-state index in [4.69, 9.17) is 19.4 Å². The molecule has 0 aliphatic carbocycles. The summed E-state index contributed by atoms with van der Waals surface area (Å²) in [4.78, 5) is 9.41. The Hall–Kier alpha value is -6.90. The van der Waals surface area contributed by atoms with Crippen LogP contribution in [0.3, 0.4) is 0 Å². The molecule has 0 aliphatic rings. The summed E-state index contributed by atoms with van der Waals surface area (Å²) < 4.78 is 15.7. The monoisotopic (exact) mass is 804 g/mol. The number of benzene rings is 4. The van der Waals surface area contributed by atoms with Crippen LogP contribution in [0, 0.1) is 13.8 Å². The Bertz CT molecular complexity index is 2410. The van der Waals surface area contributed by atoms with Crippen molar-refractivity contribution in [1.29, 1.82) is 0 Å². The molecule has 0 amide bonds. The summed E-state index contributed by atoms with van der Waals surface area (Å²) in [6.45, 7) is 5.31. The Morgan fingerprint density at radius 2 is 0.983 bits per heavy atom. The van der Waals surface area contributed by atoms with Gasteiger partial charge >= 0.3 is 0 Å². The zero-order chi connectivity index (χ0) is 39.5. The topological polar surface area (TPSA) is 129 Å². The minimum absolute atomic E-state index is 0.606. The van der Waals surface area contributed by atoms with E-state index in [-0.39, 0.29) is 0 Å². The van der Waals surface area contributed by atoms with Gasteiger partial charge in [0.15, 0.2) is 0 Å². The van der Waals surface area contributed by atoms with Crippen molar-refractivity contribution in [2.75, 3.05) is 24.1 Å². The second-order valence-electron chi connectivity index (χ2n) is 13.1. The molecular formula is C44H40N10O2S2. The van der Waals surface area contributed by atoms with Gasteiger partial charge in [-0.15, -0.1) is 22.7 Å². The van der Waals surface area contributed by atoms with Gasteiger partial charge in [0, 0.05) is 21.9 Å². The van der Waals surface area contributed by atoms with Crippen LogP contribution in [0.2, 0.25) is 0 Å². The van der Waals surface area contributed by atoms with Gasteiger partial charge in [0.25, 0.3) is 0 Å². The predicted octanol–water partition coefficient (Wildman–Crippen LogP) is 10.1. The van der Waals surface area contributed by atoms with Gasteiger partial charge in [-0.3, -0.25) is 10.9 Å². The van der Waals surface area contributed by atoms with Crippen molar-refractivity contribution in [3.05, 3.63) is 155 Å². The first-order chi connectivity index (χ1) is 28.6. The minimum Gasteiger partial charge on any atom is -0.494 e. The number of aromatic nitrogens is 6. The summed E-state index contributed by atoms with van der Waals surface area (Å²) in [6.07, 6.45) is 8.98. The third kappa shape index (κ3) is 9.37.